The summed E-state index contributed by atoms with van der Waals surface area (Å²) in [5.41, 5.74) is 1.19. The first-order valence-corrected chi connectivity index (χ1v) is 11.2. The number of benzene rings is 1. The molecule has 2 N–H and O–H groups in total. The van der Waals surface area contributed by atoms with Gasteiger partial charge in [-0.2, -0.15) is 0 Å². The lowest BCUT2D eigenvalue weighted by Gasteiger charge is -2.14. The fourth-order valence-corrected chi connectivity index (χ4v) is 4.20. The van der Waals surface area contributed by atoms with E-state index in [9.17, 15) is 12.8 Å². The largest absolute Gasteiger partial charge is 0.352 e. The summed E-state index contributed by atoms with van der Waals surface area (Å²) in [6.07, 6.45) is 2.18. The molecule has 5 nitrogen and oxygen atoms in total. The van der Waals surface area contributed by atoms with Crippen molar-refractivity contribution < 1.29 is 12.8 Å². The molecule has 8 heteroatoms. The molecule has 1 aromatic carbocycles. The summed E-state index contributed by atoms with van der Waals surface area (Å²) in [4.78, 5) is 6.69. The smallest absolute Gasteiger partial charge is 0.191 e. The third kappa shape index (κ3) is 6.42. The molecule has 26 heavy (non-hydrogen) atoms. The van der Waals surface area contributed by atoms with Crippen molar-refractivity contribution in [3.63, 3.8) is 0 Å². The van der Waals surface area contributed by atoms with E-state index in [-0.39, 0.29) is 12.3 Å². The van der Waals surface area contributed by atoms with Gasteiger partial charge in [0.1, 0.15) is 5.82 Å². The number of hydrogen-bond donors (Lipinski definition) is 2. The number of hydrogen-bond acceptors (Lipinski definition) is 4. The van der Waals surface area contributed by atoms with Crippen molar-refractivity contribution in [3.8, 4) is 0 Å². The molecule has 0 bridgehead atoms. The zero-order chi connectivity index (χ0) is 19.2. The maximum Gasteiger partial charge on any atom is 0.191 e. The molecule has 0 aliphatic carbocycles. The van der Waals surface area contributed by atoms with Crippen LogP contribution in [0.2, 0.25) is 0 Å². The number of thiophene rings is 1. The molecule has 142 valence electrons. The molecule has 1 aromatic heterocycles. The first-order chi connectivity index (χ1) is 12.3. The number of halogens is 1. The Labute approximate surface area is 158 Å². The molecular formula is C18H24FN3O2S2. The molecule has 0 aliphatic rings. The molecule has 1 heterocycles. The van der Waals surface area contributed by atoms with Crippen LogP contribution >= 0.6 is 11.3 Å². The van der Waals surface area contributed by atoms with Crippen molar-refractivity contribution in [2.45, 2.75) is 32.2 Å². The summed E-state index contributed by atoms with van der Waals surface area (Å²) in [5, 5.41) is 6.33. The maximum absolute atomic E-state index is 13.6. The molecule has 0 saturated heterocycles. The van der Waals surface area contributed by atoms with Gasteiger partial charge in [-0.25, -0.2) is 12.8 Å². The SMILES string of the molecule is CCc1ccc(CNC(=NC)NCc2cc(F)ccc2CS(C)(=O)=O)s1. The Balaban J connectivity index is 2.00. The summed E-state index contributed by atoms with van der Waals surface area (Å²) in [6.45, 7) is 3.05. The molecular weight excluding hydrogens is 373 g/mol. The van der Waals surface area contributed by atoms with Gasteiger partial charge in [-0.1, -0.05) is 13.0 Å². The summed E-state index contributed by atoms with van der Waals surface area (Å²) < 4.78 is 36.7. The average Bonchev–Trinajstić information content (AvgIpc) is 3.04. The number of guanidine groups is 1. The normalized spacial score (nSPS) is 12.2. The van der Waals surface area contributed by atoms with Crippen LogP contribution < -0.4 is 10.6 Å². The van der Waals surface area contributed by atoms with Crippen LogP contribution in [0.1, 0.15) is 27.8 Å². The predicted molar refractivity (Wildman–Crippen MR) is 106 cm³/mol. The quantitative estimate of drug-likeness (QED) is 0.557. The Kier molecular flexibility index (Phi) is 7.16. The van der Waals surface area contributed by atoms with Gasteiger partial charge >= 0.3 is 0 Å². The minimum absolute atomic E-state index is 0.120. The lowest BCUT2D eigenvalue weighted by Crippen LogP contribution is -2.36. The number of nitrogens with zero attached hydrogens (tertiary/aromatic N) is 1. The van der Waals surface area contributed by atoms with E-state index >= 15 is 0 Å². The Morgan fingerprint density at radius 3 is 2.42 bits per heavy atom. The van der Waals surface area contributed by atoms with E-state index in [0.717, 1.165) is 6.42 Å². The maximum atomic E-state index is 13.6. The molecule has 0 spiro atoms. The third-order valence-corrected chi connectivity index (χ3v) is 5.82. The van der Waals surface area contributed by atoms with Crippen molar-refractivity contribution in [1.29, 1.82) is 0 Å². The van der Waals surface area contributed by atoms with E-state index in [2.05, 4.69) is 34.7 Å². The summed E-state index contributed by atoms with van der Waals surface area (Å²) >= 11 is 1.75. The van der Waals surface area contributed by atoms with E-state index in [1.54, 1.807) is 18.4 Å². The molecule has 0 aliphatic heterocycles. The van der Waals surface area contributed by atoms with Crippen LogP contribution in [0.5, 0.6) is 0 Å². The monoisotopic (exact) mass is 397 g/mol. The zero-order valence-electron chi connectivity index (χ0n) is 15.2. The molecule has 0 saturated carbocycles. The highest BCUT2D eigenvalue weighted by Gasteiger charge is 2.11. The lowest BCUT2D eigenvalue weighted by molar-refractivity contribution is 0.599. The van der Waals surface area contributed by atoms with Crippen LogP contribution in [0.4, 0.5) is 4.39 Å². The molecule has 0 fully saturated rings. The van der Waals surface area contributed by atoms with E-state index in [1.165, 1.54) is 34.2 Å². The van der Waals surface area contributed by atoms with Gasteiger partial charge in [0.2, 0.25) is 0 Å². The van der Waals surface area contributed by atoms with Gasteiger partial charge in [0.05, 0.1) is 12.3 Å². The Morgan fingerprint density at radius 1 is 1.12 bits per heavy atom. The lowest BCUT2D eigenvalue weighted by atomic mass is 10.1. The predicted octanol–water partition coefficient (Wildman–Crippen LogP) is 2.86. The molecule has 2 rings (SSSR count). The molecule has 0 unspecified atom stereocenters. The van der Waals surface area contributed by atoms with Crippen LogP contribution in [-0.4, -0.2) is 27.7 Å². The number of sulfone groups is 1. The van der Waals surface area contributed by atoms with Gasteiger partial charge in [0.25, 0.3) is 0 Å². The van der Waals surface area contributed by atoms with Crippen LogP contribution in [0.25, 0.3) is 0 Å². The van der Waals surface area contributed by atoms with Gasteiger partial charge in [-0.05, 0) is 41.8 Å². The van der Waals surface area contributed by atoms with E-state index < -0.39 is 15.7 Å². The van der Waals surface area contributed by atoms with Crippen molar-refractivity contribution >= 4 is 27.1 Å². The minimum atomic E-state index is -3.20. The molecule has 0 radical (unpaired) electrons. The number of rotatable bonds is 7. The van der Waals surface area contributed by atoms with E-state index in [1.807, 2.05) is 0 Å². The van der Waals surface area contributed by atoms with Crippen molar-refractivity contribution in [1.82, 2.24) is 10.6 Å². The fraction of sp³-hybridized carbons (Fsp3) is 0.389. The van der Waals surface area contributed by atoms with Crippen LogP contribution in [0.3, 0.4) is 0 Å². The highest BCUT2D eigenvalue weighted by molar-refractivity contribution is 7.89. The second kappa shape index (κ2) is 9.14. The standard InChI is InChI=1S/C18H24FN3O2S2/c1-4-16-7-8-17(25-16)11-22-18(20-2)21-10-14-9-15(19)6-5-13(14)12-26(3,23)24/h5-9H,4,10-12H2,1-3H3,(H2,20,21,22). The third-order valence-electron chi connectivity index (χ3n) is 3.75. The summed E-state index contributed by atoms with van der Waals surface area (Å²) in [6, 6.07) is 8.34. The first-order valence-electron chi connectivity index (χ1n) is 8.28. The Hall–Kier alpha value is -1.93. The van der Waals surface area contributed by atoms with Crippen LogP contribution in [0, 0.1) is 5.82 Å². The topological polar surface area (TPSA) is 70.6 Å². The van der Waals surface area contributed by atoms with Crippen molar-refractivity contribution in [2.24, 2.45) is 4.99 Å². The minimum Gasteiger partial charge on any atom is -0.352 e. The van der Waals surface area contributed by atoms with Gasteiger partial charge in [-0.15, -0.1) is 11.3 Å². The second-order valence-electron chi connectivity index (χ2n) is 5.98. The Morgan fingerprint density at radius 2 is 1.81 bits per heavy atom. The average molecular weight is 398 g/mol. The number of nitrogens with one attached hydrogen (secondary N) is 2. The molecule has 0 amide bonds. The van der Waals surface area contributed by atoms with Gasteiger partial charge < -0.3 is 10.6 Å². The van der Waals surface area contributed by atoms with Gasteiger partial charge in [0.15, 0.2) is 15.8 Å². The van der Waals surface area contributed by atoms with E-state index in [4.69, 9.17) is 0 Å². The summed E-state index contributed by atoms with van der Waals surface area (Å²) in [5.74, 6) is 0.0596. The van der Waals surface area contributed by atoms with E-state index in [0.29, 0.717) is 23.6 Å². The van der Waals surface area contributed by atoms with Crippen molar-refractivity contribution in [2.75, 3.05) is 13.3 Å². The van der Waals surface area contributed by atoms with Gasteiger partial charge in [-0.3, -0.25) is 4.99 Å². The highest BCUT2D eigenvalue weighted by Crippen LogP contribution is 2.17. The molecule has 2 aromatic rings. The number of aliphatic imine (C=N–C) groups is 1. The van der Waals surface area contributed by atoms with Crippen LogP contribution in [0.15, 0.2) is 35.3 Å². The number of aryl methyl sites for hydroxylation is 1. The molecule has 0 atom stereocenters. The highest BCUT2D eigenvalue weighted by atomic mass is 32.2. The Bertz CT molecular complexity index is 876. The fourth-order valence-electron chi connectivity index (χ4n) is 2.46. The van der Waals surface area contributed by atoms with Crippen LogP contribution in [-0.2, 0) is 35.1 Å². The first kappa shape index (κ1) is 20.4. The zero-order valence-corrected chi connectivity index (χ0v) is 16.8. The van der Waals surface area contributed by atoms with Crippen molar-refractivity contribution in [3.05, 3.63) is 57.0 Å². The summed E-state index contributed by atoms with van der Waals surface area (Å²) in [7, 11) is -1.54. The van der Waals surface area contributed by atoms with Gasteiger partial charge in [0, 0.05) is 29.6 Å². The second-order valence-corrected chi connectivity index (χ2v) is 9.38.